The lowest BCUT2D eigenvalue weighted by Crippen LogP contribution is -1.85. The summed E-state index contributed by atoms with van der Waals surface area (Å²) < 4.78 is 0. The average Bonchev–Trinajstić information content (AvgIpc) is 2.61. The normalized spacial score (nSPS) is 11.1. The summed E-state index contributed by atoms with van der Waals surface area (Å²) in [6.45, 7) is 0. The quantitative estimate of drug-likeness (QED) is 0.708. The molecule has 0 aliphatic rings. The first-order chi connectivity index (χ1) is 6.75. The molecule has 0 saturated heterocycles. The number of rotatable bonds is 2. The van der Waals surface area contributed by atoms with Crippen molar-refractivity contribution in [3.8, 4) is 0 Å². The largest absolute Gasteiger partial charge is 0.478 e. The first-order valence-electron chi connectivity index (χ1n) is 4.24. The first kappa shape index (κ1) is 8.56. The maximum atomic E-state index is 10.3. The fourth-order valence-corrected chi connectivity index (χ4v) is 1.34. The van der Waals surface area contributed by atoms with Gasteiger partial charge in [0.2, 0.25) is 0 Å². The van der Waals surface area contributed by atoms with Gasteiger partial charge in [-0.05, 0) is 29.2 Å². The van der Waals surface area contributed by atoms with Crippen LogP contribution in [0, 0.1) is 0 Å². The summed E-state index contributed by atoms with van der Waals surface area (Å²) in [6.07, 6.45) is 4.56. The Morgan fingerprint density at radius 3 is 3.00 bits per heavy atom. The molecule has 0 aliphatic heterocycles. The molecule has 0 saturated carbocycles. The second-order valence-electron chi connectivity index (χ2n) is 3.00. The van der Waals surface area contributed by atoms with E-state index in [1.165, 1.54) is 0 Å². The Bertz CT molecular complexity index is 497. The van der Waals surface area contributed by atoms with Gasteiger partial charge in [0.15, 0.2) is 0 Å². The van der Waals surface area contributed by atoms with E-state index in [0.29, 0.717) is 0 Å². The molecule has 1 heterocycles. The van der Waals surface area contributed by atoms with Gasteiger partial charge >= 0.3 is 5.97 Å². The van der Waals surface area contributed by atoms with Gasteiger partial charge in [-0.3, -0.25) is 0 Å². The van der Waals surface area contributed by atoms with Crippen molar-refractivity contribution < 1.29 is 9.90 Å². The molecule has 0 amide bonds. The number of nitrogens with one attached hydrogen (secondary N) is 1. The summed E-state index contributed by atoms with van der Waals surface area (Å²) in [4.78, 5) is 13.4. The number of aromatic nitrogens is 1. The Hall–Kier alpha value is -2.03. The molecule has 0 aliphatic carbocycles. The van der Waals surface area contributed by atoms with Gasteiger partial charge in [0, 0.05) is 17.8 Å². The molecule has 0 unspecified atom stereocenters. The molecule has 0 atom stereocenters. The summed E-state index contributed by atoms with van der Waals surface area (Å²) in [5.41, 5.74) is 1.89. The van der Waals surface area contributed by atoms with E-state index in [-0.39, 0.29) is 0 Å². The standard InChI is InChI=1S/C11H9NO2/c13-11(14)4-2-8-1-3-9-5-6-12-10(9)7-8/h1-7,12H,(H,13,14)/b4-2+. The molecule has 0 radical (unpaired) electrons. The number of fused-ring (bicyclic) bond motifs is 1. The third-order valence-corrected chi connectivity index (χ3v) is 2.00. The van der Waals surface area contributed by atoms with Crippen molar-refractivity contribution in [2.45, 2.75) is 0 Å². The fourth-order valence-electron chi connectivity index (χ4n) is 1.34. The van der Waals surface area contributed by atoms with E-state index < -0.39 is 5.97 Å². The van der Waals surface area contributed by atoms with Crippen molar-refractivity contribution in [2.24, 2.45) is 0 Å². The second-order valence-corrected chi connectivity index (χ2v) is 3.00. The van der Waals surface area contributed by atoms with Crippen molar-refractivity contribution in [1.82, 2.24) is 4.98 Å². The SMILES string of the molecule is O=C(O)/C=C/c1ccc2cc[nH]c2c1. The van der Waals surface area contributed by atoms with E-state index in [4.69, 9.17) is 5.11 Å². The number of carboxylic acids is 1. The van der Waals surface area contributed by atoms with Crippen LogP contribution in [-0.2, 0) is 4.79 Å². The predicted octanol–water partition coefficient (Wildman–Crippen LogP) is 2.27. The average molecular weight is 187 g/mol. The van der Waals surface area contributed by atoms with Gasteiger partial charge < -0.3 is 10.1 Å². The Kier molecular flexibility index (Phi) is 2.07. The zero-order chi connectivity index (χ0) is 9.97. The molecule has 3 heteroatoms. The van der Waals surface area contributed by atoms with Crippen LogP contribution in [-0.4, -0.2) is 16.1 Å². The van der Waals surface area contributed by atoms with Crippen molar-refractivity contribution in [3.63, 3.8) is 0 Å². The van der Waals surface area contributed by atoms with E-state index in [1.807, 2.05) is 30.5 Å². The molecule has 0 spiro atoms. The van der Waals surface area contributed by atoms with Gasteiger partial charge in [0.05, 0.1) is 0 Å². The number of carboxylic acid groups (broad SMARTS) is 1. The van der Waals surface area contributed by atoms with Crippen LogP contribution in [0.15, 0.2) is 36.5 Å². The first-order valence-corrected chi connectivity index (χ1v) is 4.24. The predicted molar refractivity (Wildman–Crippen MR) is 55.0 cm³/mol. The molecular formula is C11H9NO2. The molecule has 2 N–H and O–H groups in total. The third-order valence-electron chi connectivity index (χ3n) is 2.00. The minimum atomic E-state index is -0.934. The van der Waals surface area contributed by atoms with Crippen LogP contribution in [0.1, 0.15) is 5.56 Å². The number of hydrogen-bond acceptors (Lipinski definition) is 1. The van der Waals surface area contributed by atoms with E-state index in [2.05, 4.69) is 4.98 Å². The van der Waals surface area contributed by atoms with E-state index >= 15 is 0 Å². The van der Waals surface area contributed by atoms with Crippen molar-refractivity contribution in [3.05, 3.63) is 42.1 Å². The van der Waals surface area contributed by atoms with Crippen molar-refractivity contribution in [2.75, 3.05) is 0 Å². The molecule has 1 aromatic carbocycles. The molecule has 1 aromatic heterocycles. The highest BCUT2D eigenvalue weighted by Gasteiger charge is 1.94. The minimum absolute atomic E-state index is 0.877. The molecular weight excluding hydrogens is 178 g/mol. The van der Waals surface area contributed by atoms with Gasteiger partial charge in [-0.15, -0.1) is 0 Å². The second kappa shape index (κ2) is 3.38. The lowest BCUT2D eigenvalue weighted by atomic mass is 10.1. The number of carbonyl (C=O) groups is 1. The molecule has 0 fully saturated rings. The molecule has 70 valence electrons. The van der Waals surface area contributed by atoms with E-state index in [9.17, 15) is 4.79 Å². The zero-order valence-corrected chi connectivity index (χ0v) is 7.40. The lowest BCUT2D eigenvalue weighted by Gasteiger charge is -1.93. The van der Waals surface area contributed by atoms with Crippen LogP contribution in [0.2, 0.25) is 0 Å². The number of aromatic amines is 1. The summed E-state index contributed by atoms with van der Waals surface area (Å²) >= 11 is 0. The van der Waals surface area contributed by atoms with Crippen LogP contribution in [0.5, 0.6) is 0 Å². The highest BCUT2D eigenvalue weighted by Crippen LogP contribution is 2.14. The van der Waals surface area contributed by atoms with Gasteiger partial charge in [0.1, 0.15) is 0 Å². The lowest BCUT2D eigenvalue weighted by molar-refractivity contribution is -0.131. The minimum Gasteiger partial charge on any atom is -0.478 e. The highest BCUT2D eigenvalue weighted by atomic mass is 16.4. The van der Waals surface area contributed by atoms with Crippen molar-refractivity contribution >= 4 is 22.9 Å². The number of benzene rings is 1. The fraction of sp³-hybridized carbons (Fsp3) is 0. The smallest absolute Gasteiger partial charge is 0.328 e. The Morgan fingerprint density at radius 1 is 1.36 bits per heavy atom. The highest BCUT2D eigenvalue weighted by molar-refractivity contribution is 5.87. The van der Waals surface area contributed by atoms with Gasteiger partial charge in [-0.2, -0.15) is 0 Å². The van der Waals surface area contributed by atoms with Crippen LogP contribution < -0.4 is 0 Å². The maximum Gasteiger partial charge on any atom is 0.328 e. The van der Waals surface area contributed by atoms with Gasteiger partial charge in [-0.25, -0.2) is 4.79 Å². The van der Waals surface area contributed by atoms with Gasteiger partial charge in [-0.1, -0.05) is 12.1 Å². The zero-order valence-electron chi connectivity index (χ0n) is 7.40. The van der Waals surface area contributed by atoms with Crippen LogP contribution in [0.3, 0.4) is 0 Å². The summed E-state index contributed by atoms with van der Waals surface area (Å²) in [7, 11) is 0. The maximum absolute atomic E-state index is 10.3. The molecule has 2 rings (SSSR count). The molecule has 3 nitrogen and oxygen atoms in total. The summed E-state index contributed by atoms with van der Waals surface area (Å²) in [6, 6.07) is 7.72. The Morgan fingerprint density at radius 2 is 2.21 bits per heavy atom. The van der Waals surface area contributed by atoms with Crippen LogP contribution >= 0.6 is 0 Å². The monoisotopic (exact) mass is 187 g/mol. The number of hydrogen-bond donors (Lipinski definition) is 2. The summed E-state index contributed by atoms with van der Waals surface area (Å²) in [5.74, 6) is -0.934. The molecule has 0 bridgehead atoms. The third kappa shape index (κ3) is 1.66. The van der Waals surface area contributed by atoms with Gasteiger partial charge in [0.25, 0.3) is 0 Å². The van der Waals surface area contributed by atoms with E-state index in [0.717, 1.165) is 22.5 Å². The molecule has 14 heavy (non-hydrogen) atoms. The Labute approximate surface area is 80.7 Å². The van der Waals surface area contributed by atoms with Crippen LogP contribution in [0.4, 0.5) is 0 Å². The van der Waals surface area contributed by atoms with Crippen LogP contribution in [0.25, 0.3) is 17.0 Å². The number of aliphatic carboxylic acids is 1. The van der Waals surface area contributed by atoms with Crippen molar-refractivity contribution in [1.29, 1.82) is 0 Å². The molecule has 2 aromatic rings. The Balaban J connectivity index is 2.39. The number of H-pyrrole nitrogens is 1. The van der Waals surface area contributed by atoms with E-state index in [1.54, 1.807) is 6.08 Å². The topological polar surface area (TPSA) is 53.1 Å². The summed E-state index contributed by atoms with van der Waals surface area (Å²) in [5, 5.41) is 9.58.